The SMILES string of the molecule is O=C(NC1CCC1)c1ccncc1C#CCCO. The molecule has 1 fully saturated rings. The fourth-order valence-corrected chi connectivity index (χ4v) is 1.72. The molecule has 0 saturated heterocycles. The van der Waals surface area contributed by atoms with Crippen molar-refractivity contribution < 1.29 is 9.90 Å². The predicted molar refractivity (Wildman–Crippen MR) is 67.9 cm³/mol. The molecule has 1 aromatic rings. The molecule has 18 heavy (non-hydrogen) atoms. The van der Waals surface area contributed by atoms with Crippen molar-refractivity contribution >= 4 is 5.91 Å². The molecule has 1 heterocycles. The van der Waals surface area contributed by atoms with Crippen LogP contribution < -0.4 is 5.32 Å². The van der Waals surface area contributed by atoms with Crippen LogP contribution >= 0.6 is 0 Å². The van der Waals surface area contributed by atoms with Crippen LogP contribution in [0.4, 0.5) is 0 Å². The van der Waals surface area contributed by atoms with Crippen LogP contribution in [0.15, 0.2) is 18.5 Å². The molecule has 1 amide bonds. The average molecular weight is 244 g/mol. The van der Waals surface area contributed by atoms with E-state index in [-0.39, 0.29) is 12.5 Å². The number of hydrogen-bond donors (Lipinski definition) is 2. The number of carbonyl (C=O) groups excluding carboxylic acids is 1. The number of amides is 1. The van der Waals surface area contributed by atoms with Gasteiger partial charge in [-0.1, -0.05) is 11.8 Å². The topological polar surface area (TPSA) is 62.2 Å². The van der Waals surface area contributed by atoms with Crippen molar-refractivity contribution in [3.8, 4) is 11.8 Å². The number of pyridine rings is 1. The number of aliphatic hydroxyl groups excluding tert-OH is 1. The maximum absolute atomic E-state index is 12.0. The van der Waals surface area contributed by atoms with Crippen molar-refractivity contribution in [2.24, 2.45) is 0 Å². The summed E-state index contributed by atoms with van der Waals surface area (Å²) < 4.78 is 0. The normalized spacial score (nSPS) is 14.3. The molecular formula is C14H16N2O2. The number of aromatic nitrogens is 1. The van der Waals surface area contributed by atoms with Gasteiger partial charge in [0.05, 0.1) is 17.7 Å². The van der Waals surface area contributed by atoms with Crippen molar-refractivity contribution in [1.82, 2.24) is 10.3 Å². The van der Waals surface area contributed by atoms with E-state index in [1.165, 1.54) is 6.42 Å². The smallest absolute Gasteiger partial charge is 0.252 e. The summed E-state index contributed by atoms with van der Waals surface area (Å²) in [5.41, 5.74) is 1.17. The molecule has 94 valence electrons. The van der Waals surface area contributed by atoms with Crippen molar-refractivity contribution in [3.63, 3.8) is 0 Å². The highest BCUT2D eigenvalue weighted by Gasteiger charge is 2.21. The van der Waals surface area contributed by atoms with Crippen LogP contribution in [-0.4, -0.2) is 28.6 Å². The van der Waals surface area contributed by atoms with Crippen molar-refractivity contribution in [1.29, 1.82) is 0 Å². The first-order valence-electron chi connectivity index (χ1n) is 6.16. The molecule has 0 aromatic carbocycles. The van der Waals surface area contributed by atoms with E-state index in [9.17, 15) is 4.79 Å². The highest BCUT2D eigenvalue weighted by molar-refractivity contribution is 5.96. The van der Waals surface area contributed by atoms with Crippen LogP contribution in [0, 0.1) is 11.8 Å². The van der Waals surface area contributed by atoms with Gasteiger partial charge in [0.1, 0.15) is 0 Å². The van der Waals surface area contributed by atoms with E-state index in [0.717, 1.165) is 12.8 Å². The van der Waals surface area contributed by atoms with Gasteiger partial charge in [0.2, 0.25) is 0 Å². The lowest BCUT2D eigenvalue weighted by atomic mass is 9.93. The molecule has 1 saturated carbocycles. The summed E-state index contributed by atoms with van der Waals surface area (Å²) in [4.78, 5) is 16.0. The Kier molecular flexibility index (Phi) is 4.32. The molecular weight excluding hydrogens is 228 g/mol. The number of hydrogen-bond acceptors (Lipinski definition) is 3. The summed E-state index contributed by atoms with van der Waals surface area (Å²) in [7, 11) is 0. The summed E-state index contributed by atoms with van der Waals surface area (Å²) in [6, 6.07) is 1.99. The van der Waals surface area contributed by atoms with E-state index in [4.69, 9.17) is 5.11 Å². The average Bonchev–Trinajstić information content (AvgIpc) is 2.34. The zero-order valence-electron chi connectivity index (χ0n) is 10.1. The van der Waals surface area contributed by atoms with Crippen LogP contribution in [0.5, 0.6) is 0 Å². The highest BCUT2D eigenvalue weighted by atomic mass is 16.2. The number of carbonyl (C=O) groups is 1. The second-order valence-electron chi connectivity index (χ2n) is 4.30. The quantitative estimate of drug-likeness (QED) is 0.783. The third-order valence-electron chi connectivity index (χ3n) is 2.97. The lowest BCUT2D eigenvalue weighted by Crippen LogP contribution is -2.39. The first-order valence-corrected chi connectivity index (χ1v) is 6.16. The Morgan fingerprint density at radius 3 is 3.06 bits per heavy atom. The predicted octanol–water partition coefficient (Wildman–Crippen LogP) is 1.10. The fourth-order valence-electron chi connectivity index (χ4n) is 1.72. The maximum atomic E-state index is 12.0. The number of aliphatic hydroxyl groups is 1. The van der Waals surface area contributed by atoms with Gasteiger partial charge in [0.25, 0.3) is 5.91 Å². The lowest BCUT2D eigenvalue weighted by molar-refractivity contribution is 0.0916. The molecule has 1 aromatic heterocycles. The number of nitrogens with one attached hydrogen (secondary N) is 1. The molecule has 0 unspecified atom stereocenters. The third kappa shape index (κ3) is 3.08. The molecule has 0 bridgehead atoms. The van der Waals surface area contributed by atoms with Gasteiger partial charge in [-0.05, 0) is 25.3 Å². The zero-order chi connectivity index (χ0) is 12.8. The summed E-state index contributed by atoms with van der Waals surface area (Å²) in [5.74, 6) is 5.59. The molecule has 2 rings (SSSR count). The van der Waals surface area contributed by atoms with Gasteiger partial charge in [-0.15, -0.1) is 0 Å². The standard InChI is InChI=1S/C14H16N2O2/c17-9-2-1-4-11-10-15-8-7-13(11)14(18)16-12-5-3-6-12/h7-8,10,12,17H,2-3,5-6,9H2,(H,16,18). The van der Waals surface area contributed by atoms with Crippen LogP contribution in [0.3, 0.4) is 0 Å². The van der Waals surface area contributed by atoms with Crippen LogP contribution in [0.1, 0.15) is 41.6 Å². The van der Waals surface area contributed by atoms with Gasteiger partial charge in [0, 0.05) is 24.9 Å². The first kappa shape index (κ1) is 12.6. The van der Waals surface area contributed by atoms with E-state index >= 15 is 0 Å². The van der Waals surface area contributed by atoms with Crippen LogP contribution in [-0.2, 0) is 0 Å². The largest absolute Gasteiger partial charge is 0.395 e. The van der Waals surface area contributed by atoms with Crippen molar-refractivity contribution in [2.75, 3.05) is 6.61 Å². The Morgan fingerprint density at radius 2 is 2.39 bits per heavy atom. The molecule has 0 radical (unpaired) electrons. The maximum Gasteiger partial charge on any atom is 0.252 e. The van der Waals surface area contributed by atoms with E-state index in [0.29, 0.717) is 23.6 Å². The molecule has 0 atom stereocenters. The summed E-state index contributed by atoms with van der Waals surface area (Å²) in [6.45, 7) is 0.0247. The molecule has 0 spiro atoms. The van der Waals surface area contributed by atoms with Gasteiger partial charge in [-0.25, -0.2) is 0 Å². The molecule has 0 aliphatic heterocycles. The van der Waals surface area contributed by atoms with Gasteiger partial charge in [0.15, 0.2) is 0 Å². The monoisotopic (exact) mass is 244 g/mol. The fraction of sp³-hybridized carbons (Fsp3) is 0.429. The van der Waals surface area contributed by atoms with Gasteiger partial charge < -0.3 is 10.4 Å². The van der Waals surface area contributed by atoms with E-state index in [1.807, 2.05) is 0 Å². The minimum Gasteiger partial charge on any atom is -0.395 e. The number of rotatable bonds is 3. The Balaban J connectivity index is 2.11. The summed E-state index contributed by atoms with van der Waals surface area (Å²) >= 11 is 0. The Hall–Kier alpha value is -1.86. The summed E-state index contributed by atoms with van der Waals surface area (Å²) in [5, 5.41) is 11.7. The van der Waals surface area contributed by atoms with Crippen LogP contribution in [0.2, 0.25) is 0 Å². The number of nitrogens with zero attached hydrogens (tertiary/aromatic N) is 1. The molecule has 1 aliphatic carbocycles. The highest BCUT2D eigenvalue weighted by Crippen LogP contribution is 2.19. The second kappa shape index (κ2) is 6.18. The van der Waals surface area contributed by atoms with E-state index in [2.05, 4.69) is 22.1 Å². The summed E-state index contributed by atoms with van der Waals surface area (Å²) in [6.07, 6.45) is 6.88. The molecule has 1 aliphatic rings. The van der Waals surface area contributed by atoms with Gasteiger partial charge in [-0.3, -0.25) is 9.78 Å². The van der Waals surface area contributed by atoms with Crippen molar-refractivity contribution in [2.45, 2.75) is 31.7 Å². The Bertz CT molecular complexity index is 484. The van der Waals surface area contributed by atoms with Crippen LogP contribution in [0.25, 0.3) is 0 Å². The van der Waals surface area contributed by atoms with Crippen molar-refractivity contribution in [3.05, 3.63) is 29.6 Å². The van der Waals surface area contributed by atoms with Gasteiger partial charge in [-0.2, -0.15) is 0 Å². The second-order valence-corrected chi connectivity index (χ2v) is 4.30. The molecule has 4 heteroatoms. The van der Waals surface area contributed by atoms with E-state index in [1.54, 1.807) is 18.5 Å². The zero-order valence-corrected chi connectivity index (χ0v) is 10.1. The molecule has 2 N–H and O–H groups in total. The minimum absolute atomic E-state index is 0.0247. The first-order chi connectivity index (χ1) is 8.81. The lowest BCUT2D eigenvalue weighted by Gasteiger charge is -2.26. The Labute approximate surface area is 106 Å². The third-order valence-corrected chi connectivity index (χ3v) is 2.97. The molecule has 4 nitrogen and oxygen atoms in total. The minimum atomic E-state index is -0.0876. The van der Waals surface area contributed by atoms with Gasteiger partial charge >= 0.3 is 0 Å². The van der Waals surface area contributed by atoms with E-state index < -0.39 is 0 Å². The Morgan fingerprint density at radius 1 is 1.56 bits per heavy atom.